The minimum atomic E-state index is -2.92. The number of benzene rings is 1. The van der Waals surface area contributed by atoms with Crippen molar-refractivity contribution >= 4 is 52.7 Å². The van der Waals surface area contributed by atoms with E-state index in [0.29, 0.717) is 4.90 Å². The minimum Gasteiger partial charge on any atom is -0.351 e. The maximum atomic E-state index is 15.0. The molecule has 230 valence electrons. The molecular formula is C30H28ClF3N6O3S. The number of alkyl halides is 3. The highest BCUT2D eigenvalue weighted by Gasteiger charge is 2.53. The summed E-state index contributed by atoms with van der Waals surface area (Å²) in [5, 5.41) is 11.2. The number of nitrogens with zero attached hydrogens (tertiary/aromatic N) is 5. The van der Waals surface area contributed by atoms with Crippen LogP contribution in [0.3, 0.4) is 0 Å². The van der Waals surface area contributed by atoms with Gasteiger partial charge in [-0.05, 0) is 36.9 Å². The van der Waals surface area contributed by atoms with E-state index in [4.69, 9.17) is 11.6 Å². The van der Waals surface area contributed by atoms with Gasteiger partial charge in [-0.3, -0.25) is 24.2 Å². The van der Waals surface area contributed by atoms with Crippen molar-refractivity contribution in [1.82, 2.24) is 15.3 Å². The molecule has 1 aromatic carbocycles. The number of hydrogen-bond donors (Lipinski definition) is 1. The van der Waals surface area contributed by atoms with E-state index >= 15 is 4.39 Å². The van der Waals surface area contributed by atoms with E-state index in [9.17, 15) is 28.4 Å². The maximum Gasteiger partial charge on any atom is 0.252 e. The topological polar surface area (TPSA) is 119 Å². The zero-order valence-electron chi connectivity index (χ0n) is 23.7. The second-order valence-electron chi connectivity index (χ2n) is 11.1. The molecule has 1 aromatic heterocycles. The van der Waals surface area contributed by atoms with E-state index in [0.717, 1.165) is 15.9 Å². The van der Waals surface area contributed by atoms with Gasteiger partial charge in [0, 0.05) is 47.5 Å². The maximum absolute atomic E-state index is 15.0. The van der Waals surface area contributed by atoms with Gasteiger partial charge in [-0.25, -0.2) is 23.1 Å². The molecule has 0 radical (unpaired) electrons. The van der Waals surface area contributed by atoms with Crippen molar-refractivity contribution in [2.75, 3.05) is 16.1 Å². The van der Waals surface area contributed by atoms with E-state index < -0.39 is 71.2 Å². The van der Waals surface area contributed by atoms with E-state index in [1.54, 1.807) is 37.5 Å². The van der Waals surface area contributed by atoms with E-state index in [2.05, 4.69) is 15.3 Å². The number of halogens is 4. The summed E-state index contributed by atoms with van der Waals surface area (Å²) in [6.45, 7) is 1.65. The molecule has 1 N–H and O–H groups in total. The summed E-state index contributed by atoms with van der Waals surface area (Å²) in [7, 11) is 0. The van der Waals surface area contributed by atoms with Crippen molar-refractivity contribution in [3.63, 3.8) is 0 Å². The fraction of sp³-hybridized carbons (Fsp3) is 0.400. The fourth-order valence-electron chi connectivity index (χ4n) is 5.75. The van der Waals surface area contributed by atoms with Crippen LogP contribution in [0.4, 0.5) is 24.8 Å². The van der Waals surface area contributed by atoms with Crippen LogP contribution >= 0.6 is 23.4 Å². The highest BCUT2D eigenvalue weighted by atomic mass is 35.5. The molecule has 9 nitrogen and oxygen atoms in total. The molecule has 2 fully saturated rings. The number of anilines is 2. The molecule has 44 heavy (non-hydrogen) atoms. The lowest BCUT2D eigenvalue weighted by Gasteiger charge is -2.46. The molecule has 3 aliphatic rings. The first-order valence-electron chi connectivity index (χ1n) is 13.8. The molecule has 2 aromatic rings. The van der Waals surface area contributed by atoms with Crippen LogP contribution in [-0.4, -0.2) is 63.4 Å². The molecule has 5 rings (SSSR count). The van der Waals surface area contributed by atoms with E-state index in [1.807, 2.05) is 6.07 Å². The van der Waals surface area contributed by atoms with Crippen LogP contribution in [0.25, 0.3) is 0 Å². The lowest BCUT2D eigenvalue weighted by molar-refractivity contribution is -0.134. The summed E-state index contributed by atoms with van der Waals surface area (Å²) >= 11 is 8.00. The summed E-state index contributed by atoms with van der Waals surface area (Å²) < 4.78 is 42.5. The fourth-order valence-corrected chi connectivity index (χ4v) is 6.50. The minimum absolute atomic E-state index is 0.0116. The Morgan fingerprint density at radius 3 is 2.68 bits per heavy atom. The van der Waals surface area contributed by atoms with Crippen LogP contribution in [0, 0.1) is 22.6 Å². The molecule has 3 amide bonds. The van der Waals surface area contributed by atoms with Crippen molar-refractivity contribution in [2.24, 2.45) is 5.41 Å². The first-order valence-corrected chi connectivity index (χ1v) is 15.4. The molecule has 14 heteroatoms. The Kier molecular flexibility index (Phi) is 8.77. The standard InChI is InChI=1S/C30H28ClF3N6O3S/c1-29(9-4-3-5-23(29)31)25(26(42)37-19-14-30(33,34)15-19)39(20-11-17(32)12-21(13-20)44-2)27(43)22-6-7-24(41)40(22)28-36-10-8-18(16-35)38-28/h3-5,8-13,19,22-23,25H,6-7,14-15H2,1-2H3,(H,37,42)/t22-,23?,25+,29?/m0/s1. The first-order chi connectivity index (χ1) is 20.9. The van der Waals surface area contributed by atoms with Crippen molar-refractivity contribution in [3.05, 3.63) is 66.3 Å². The van der Waals surface area contributed by atoms with Gasteiger partial charge >= 0.3 is 0 Å². The van der Waals surface area contributed by atoms with E-state index in [-0.39, 0.29) is 30.2 Å². The van der Waals surface area contributed by atoms with Crippen LogP contribution in [0.1, 0.15) is 38.3 Å². The number of carbonyl (C=O) groups is 3. The SMILES string of the molecule is CSc1cc(F)cc(N(C(=O)[C@@H]2CCC(=O)N2c2nccc(C#N)n2)[C@H](C(=O)NC2CC(F)(F)C2)C2(C)C=CC=CC2Cl)c1. The second kappa shape index (κ2) is 12.2. The Bertz CT molecular complexity index is 1590. The van der Waals surface area contributed by atoms with Crippen molar-refractivity contribution in [2.45, 2.75) is 66.9 Å². The van der Waals surface area contributed by atoms with Crippen LogP contribution in [0.15, 0.2) is 59.7 Å². The van der Waals surface area contributed by atoms with Crippen molar-refractivity contribution in [1.29, 1.82) is 5.26 Å². The summed E-state index contributed by atoms with van der Waals surface area (Å²) in [5.41, 5.74) is -1.32. The van der Waals surface area contributed by atoms with Gasteiger partial charge < -0.3 is 5.32 Å². The second-order valence-corrected chi connectivity index (χ2v) is 12.5. The Labute approximate surface area is 261 Å². The summed E-state index contributed by atoms with van der Waals surface area (Å²) in [5.74, 6) is -5.78. The average Bonchev–Trinajstić information content (AvgIpc) is 3.36. The third-order valence-corrected chi connectivity index (χ3v) is 9.37. The molecule has 1 aliphatic heterocycles. The predicted octanol–water partition coefficient (Wildman–Crippen LogP) is 4.76. The molecular weight excluding hydrogens is 617 g/mol. The number of nitriles is 1. The Morgan fingerprint density at radius 1 is 1.27 bits per heavy atom. The number of amides is 3. The van der Waals surface area contributed by atoms with Gasteiger partial charge in [-0.2, -0.15) is 5.26 Å². The third kappa shape index (κ3) is 6.05. The Balaban J connectivity index is 1.65. The number of hydrogen-bond acceptors (Lipinski definition) is 7. The number of nitrogens with one attached hydrogen (secondary N) is 1. The molecule has 2 heterocycles. The van der Waals surface area contributed by atoms with Gasteiger partial charge in [0.1, 0.15) is 29.7 Å². The van der Waals surface area contributed by atoms with Crippen LogP contribution in [-0.2, 0) is 14.4 Å². The molecule has 1 saturated carbocycles. The number of aromatic nitrogens is 2. The Hall–Kier alpha value is -3.89. The zero-order chi connectivity index (χ0) is 31.8. The lowest BCUT2D eigenvalue weighted by Crippen LogP contribution is -2.64. The quantitative estimate of drug-likeness (QED) is 0.325. The average molecular weight is 645 g/mol. The normalized spacial score (nSPS) is 24.8. The van der Waals surface area contributed by atoms with Crippen LogP contribution in [0.5, 0.6) is 0 Å². The highest BCUT2D eigenvalue weighted by Crippen LogP contribution is 2.43. The number of allylic oxidation sites excluding steroid dienone is 3. The highest BCUT2D eigenvalue weighted by molar-refractivity contribution is 7.98. The smallest absolute Gasteiger partial charge is 0.252 e. The van der Waals surface area contributed by atoms with Crippen molar-refractivity contribution < 1.29 is 27.6 Å². The number of thioether (sulfide) groups is 1. The van der Waals surface area contributed by atoms with Gasteiger partial charge in [-0.1, -0.05) is 31.2 Å². The van der Waals surface area contributed by atoms with Gasteiger partial charge in [0.25, 0.3) is 11.8 Å². The first kappa shape index (κ1) is 31.5. The van der Waals surface area contributed by atoms with Crippen LogP contribution < -0.4 is 15.1 Å². The van der Waals surface area contributed by atoms with Crippen LogP contribution in [0.2, 0.25) is 0 Å². The van der Waals surface area contributed by atoms with E-state index in [1.165, 1.54) is 36.2 Å². The lowest BCUT2D eigenvalue weighted by atomic mass is 9.74. The summed E-state index contributed by atoms with van der Waals surface area (Å²) in [6, 6.07) is 3.57. The largest absolute Gasteiger partial charge is 0.351 e. The number of rotatable bonds is 8. The summed E-state index contributed by atoms with van der Waals surface area (Å²) in [6.07, 6.45) is 8.44. The molecule has 4 atom stereocenters. The van der Waals surface area contributed by atoms with Gasteiger partial charge in [0.15, 0.2) is 0 Å². The van der Waals surface area contributed by atoms with Gasteiger partial charge in [0.2, 0.25) is 17.8 Å². The number of carbonyl (C=O) groups excluding carboxylic acids is 3. The third-order valence-electron chi connectivity index (χ3n) is 8.05. The summed E-state index contributed by atoms with van der Waals surface area (Å²) in [4.78, 5) is 52.9. The molecule has 2 unspecified atom stereocenters. The molecule has 0 bridgehead atoms. The van der Waals surface area contributed by atoms with Gasteiger partial charge in [-0.15, -0.1) is 23.4 Å². The zero-order valence-corrected chi connectivity index (χ0v) is 25.3. The molecule has 0 spiro atoms. The monoisotopic (exact) mass is 644 g/mol. The Morgan fingerprint density at radius 2 is 2.02 bits per heavy atom. The van der Waals surface area contributed by atoms with Gasteiger partial charge in [0.05, 0.1) is 5.38 Å². The van der Waals surface area contributed by atoms with Crippen molar-refractivity contribution in [3.8, 4) is 6.07 Å². The molecule has 2 aliphatic carbocycles. The predicted molar refractivity (Wildman–Crippen MR) is 159 cm³/mol. The molecule has 1 saturated heterocycles.